The lowest BCUT2D eigenvalue weighted by Crippen LogP contribution is -2.46. The van der Waals surface area contributed by atoms with Crippen LogP contribution in [0.5, 0.6) is 0 Å². The topological polar surface area (TPSA) is 44.4 Å². The number of carbonyl (C=O) groups excluding carboxylic acids is 1. The predicted octanol–water partition coefficient (Wildman–Crippen LogP) is -0.0512. The molecule has 1 amide bonds. The highest BCUT2D eigenvalue weighted by molar-refractivity contribution is 5.78. The predicted molar refractivity (Wildman–Crippen MR) is 59.7 cm³/mol. The van der Waals surface area contributed by atoms with E-state index < -0.39 is 0 Å². The maximum atomic E-state index is 11.0. The van der Waals surface area contributed by atoms with Gasteiger partial charge in [-0.1, -0.05) is 6.42 Å². The lowest BCUT2D eigenvalue weighted by atomic mass is 10.0. The molecule has 2 saturated heterocycles. The van der Waals surface area contributed by atoms with Crippen molar-refractivity contribution in [3.05, 3.63) is 0 Å². The summed E-state index contributed by atoms with van der Waals surface area (Å²) in [6, 6.07) is 1.02. The lowest BCUT2D eigenvalue weighted by Gasteiger charge is -2.33. The molecule has 2 N–H and O–H groups in total. The van der Waals surface area contributed by atoms with E-state index in [0.29, 0.717) is 18.5 Å². The first-order valence-electron chi connectivity index (χ1n) is 5.96. The molecule has 2 atom stereocenters. The van der Waals surface area contributed by atoms with Crippen LogP contribution in [0.25, 0.3) is 0 Å². The Bertz CT molecular complexity index is 232. The molecule has 2 rings (SSSR count). The van der Waals surface area contributed by atoms with Gasteiger partial charge in [0.05, 0.1) is 0 Å². The van der Waals surface area contributed by atoms with Gasteiger partial charge in [-0.05, 0) is 26.4 Å². The van der Waals surface area contributed by atoms with Crippen LogP contribution in [0.15, 0.2) is 0 Å². The van der Waals surface area contributed by atoms with Crippen LogP contribution in [-0.4, -0.2) is 49.6 Å². The van der Waals surface area contributed by atoms with Crippen molar-refractivity contribution in [1.82, 2.24) is 15.5 Å². The molecular weight excluding hydrogens is 190 g/mol. The summed E-state index contributed by atoms with van der Waals surface area (Å²) in [6.07, 6.45) is 4.61. The normalized spacial score (nSPS) is 33.0. The number of likely N-dealkylation sites (tertiary alicyclic amines) is 1. The molecule has 4 heteroatoms. The van der Waals surface area contributed by atoms with Crippen LogP contribution in [0.1, 0.15) is 25.7 Å². The zero-order valence-electron chi connectivity index (χ0n) is 9.46. The average Bonchev–Trinajstić information content (AvgIpc) is 2.63. The minimum absolute atomic E-state index is 0.185. The summed E-state index contributed by atoms with van der Waals surface area (Å²) in [6.45, 7) is 3.04. The SMILES string of the molecule is CN1CCCCC1CNC1CNC(=O)C1. The number of likely N-dealkylation sites (N-methyl/N-ethyl adjacent to an activating group) is 1. The third-order valence-electron chi connectivity index (χ3n) is 3.54. The molecule has 0 aromatic rings. The number of carbonyl (C=O) groups is 1. The molecule has 2 heterocycles. The van der Waals surface area contributed by atoms with E-state index in [-0.39, 0.29) is 5.91 Å². The fraction of sp³-hybridized carbons (Fsp3) is 0.909. The van der Waals surface area contributed by atoms with E-state index in [1.165, 1.54) is 25.8 Å². The minimum Gasteiger partial charge on any atom is -0.354 e. The minimum atomic E-state index is 0.185. The summed E-state index contributed by atoms with van der Waals surface area (Å²) < 4.78 is 0. The van der Waals surface area contributed by atoms with Gasteiger partial charge in [0.15, 0.2) is 0 Å². The standard InChI is InChI=1S/C11H21N3O/c1-14-5-3-2-4-10(14)8-12-9-6-11(15)13-7-9/h9-10,12H,2-8H2,1H3,(H,13,15). The van der Waals surface area contributed by atoms with Gasteiger partial charge in [-0.3, -0.25) is 4.79 Å². The van der Waals surface area contributed by atoms with Gasteiger partial charge in [0, 0.05) is 31.6 Å². The summed E-state index contributed by atoms with van der Waals surface area (Å²) in [5, 5.41) is 6.34. The molecule has 2 fully saturated rings. The van der Waals surface area contributed by atoms with Gasteiger partial charge < -0.3 is 15.5 Å². The second-order valence-corrected chi connectivity index (χ2v) is 4.74. The molecule has 0 aliphatic carbocycles. The Morgan fingerprint density at radius 1 is 1.53 bits per heavy atom. The number of piperidine rings is 1. The molecule has 2 unspecified atom stereocenters. The van der Waals surface area contributed by atoms with Gasteiger partial charge in [-0.15, -0.1) is 0 Å². The van der Waals surface area contributed by atoms with Gasteiger partial charge in [0.25, 0.3) is 0 Å². The second-order valence-electron chi connectivity index (χ2n) is 4.74. The molecule has 2 aliphatic rings. The van der Waals surface area contributed by atoms with Crippen molar-refractivity contribution in [3.8, 4) is 0 Å². The number of hydrogen-bond acceptors (Lipinski definition) is 3. The molecule has 0 spiro atoms. The zero-order chi connectivity index (χ0) is 10.7. The molecule has 0 aromatic heterocycles. The van der Waals surface area contributed by atoms with Gasteiger partial charge in [-0.25, -0.2) is 0 Å². The van der Waals surface area contributed by atoms with Crippen LogP contribution in [0.4, 0.5) is 0 Å². The zero-order valence-corrected chi connectivity index (χ0v) is 9.46. The summed E-state index contributed by atoms with van der Waals surface area (Å²) in [5.74, 6) is 0.185. The Hall–Kier alpha value is -0.610. The summed E-state index contributed by atoms with van der Waals surface area (Å²) in [5.41, 5.74) is 0. The Morgan fingerprint density at radius 2 is 2.40 bits per heavy atom. The first kappa shape index (κ1) is 10.9. The van der Waals surface area contributed by atoms with Crippen LogP contribution in [-0.2, 0) is 4.79 Å². The Labute approximate surface area is 91.4 Å². The van der Waals surface area contributed by atoms with E-state index in [1.54, 1.807) is 0 Å². The van der Waals surface area contributed by atoms with E-state index in [4.69, 9.17) is 0 Å². The van der Waals surface area contributed by atoms with Crippen molar-refractivity contribution in [2.75, 3.05) is 26.7 Å². The van der Waals surface area contributed by atoms with E-state index >= 15 is 0 Å². The van der Waals surface area contributed by atoms with Crippen molar-refractivity contribution < 1.29 is 4.79 Å². The fourth-order valence-corrected chi connectivity index (χ4v) is 2.45. The molecule has 2 aliphatic heterocycles. The maximum Gasteiger partial charge on any atom is 0.221 e. The van der Waals surface area contributed by atoms with Crippen LogP contribution in [0, 0.1) is 0 Å². The molecule has 0 aromatic carbocycles. The summed E-state index contributed by atoms with van der Waals surface area (Å²) >= 11 is 0. The highest BCUT2D eigenvalue weighted by atomic mass is 16.1. The van der Waals surface area contributed by atoms with Gasteiger partial charge in [0.1, 0.15) is 0 Å². The van der Waals surface area contributed by atoms with Gasteiger partial charge >= 0.3 is 0 Å². The Morgan fingerprint density at radius 3 is 3.07 bits per heavy atom. The Kier molecular flexibility index (Phi) is 3.59. The van der Waals surface area contributed by atoms with Crippen molar-refractivity contribution >= 4 is 5.91 Å². The van der Waals surface area contributed by atoms with E-state index in [1.807, 2.05) is 0 Å². The van der Waals surface area contributed by atoms with Crippen LogP contribution < -0.4 is 10.6 Å². The number of rotatable bonds is 3. The number of hydrogen-bond donors (Lipinski definition) is 2. The van der Waals surface area contributed by atoms with Gasteiger partial charge in [0.2, 0.25) is 5.91 Å². The van der Waals surface area contributed by atoms with Crippen molar-refractivity contribution in [2.45, 2.75) is 37.8 Å². The molecule has 86 valence electrons. The molecule has 0 saturated carbocycles. The average molecular weight is 211 g/mol. The monoisotopic (exact) mass is 211 g/mol. The summed E-state index contributed by atoms with van der Waals surface area (Å²) in [7, 11) is 2.20. The van der Waals surface area contributed by atoms with Crippen LogP contribution >= 0.6 is 0 Å². The van der Waals surface area contributed by atoms with Crippen LogP contribution in [0.3, 0.4) is 0 Å². The molecule has 0 bridgehead atoms. The first-order chi connectivity index (χ1) is 7.25. The molecular formula is C11H21N3O. The fourth-order valence-electron chi connectivity index (χ4n) is 2.45. The smallest absolute Gasteiger partial charge is 0.221 e. The quantitative estimate of drug-likeness (QED) is 0.688. The lowest BCUT2D eigenvalue weighted by molar-refractivity contribution is -0.119. The number of nitrogens with one attached hydrogen (secondary N) is 2. The van der Waals surface area contributed by atoms with E-state index in [2.05, 4.69) is 22.6 Å². The number of nitrogens with zero attached hydrogens (tertiary/aromatic N) is 1. The van der Waals surface area contributed by atoms with Crippen molar-refractivity contribution in [1.29, 1.82) is 0 Å². The van der Waals surface area contributed by atoms with Crippen LogP contribution in [0.2, 0.25) is 0 Å². The second kappa shape index (κ2) is 4.94. The van der Waals surface area contributed by atoms with Gasteiger partial charge in [-0.2, -0.15) is 0 Å². The number of amides is 1. The Balaban J connectivity index is 1.70. The van der Waals surface area contributed by atoms with E-state index in [0.717, 1.165) is 13.1 Å². The van der Waals surface area contributed by atoms with Crippen molar-refractivity contribution in [3.63, 3.8) is 0 Å². The molecule has 15 heavy (non-hydrogen) atoms. The molecule has 4 nitrogen and oxygen atoms in total. The highest BCUT2D eigenvalue weighted by Crippen LogP contribution is 2.14. The highest BCUT2D eigenvalue weighted by Gasteiger charge is 2.24. The third-order valence-corrected chi connectivity index (χ3v) is 3.54. The third kappa shape index (κ3) is 2.92. The molecule has 0 radical (unpaired) electrons. The summed E-state index contributed by atoms with van der Waals surface area (Å²) in [4.78, 5) is 13.4. The maximum absolute atomic E-state index is 11.0. The first-order valence-corrected chi connectivity index (χ1v) is 5.96. The largest absolute Gasteiger partial charge is 0.354 e. The van der Waals surface area contributed by atoms with Crippen molar-refractivity contribution in [2.24, 2.45) is 0 Å². The van der Waals surface area contributed by atoms with E-state index in [9.17, 15) is 4.79 Å².